The minimum atomic E-state index is -1.10. The molecule has 0 aromatic heterocycles. The third kappa shape index (κ3) is 1.82. The van der Waals surface area contributed by atoms with Crippen LogP contribution in [0.25, 0.3) is 0 Å². The second kappa shape index (κ2) is 2.82. The molecule has 1 N–H and O–H groups in total. The average Bonchev–Trinajstić information content (AvgIpc) is 1.37. The predicted molar refractivity (Wildman–Crippen MR) is 10.2 cm³/mol. The van der Waals surface area contributed by atoms with Crippen molar-refractivity contribution in [2.45, 2.75) is 0 Å². The molecule has 0 radical (unpaired) electrons. The normalized spacial score (nSPS) is 7.50. The highest BCUT2D eigenvalue weighted by atomic mass is 19.2. The number of hydrogen-bond acceptors (Lipinski definition) is 1. The summed E-state index contributed by atoms with van der Waals surface area (Å²) in [4.78, 5) is 0. The lowest BCUT2D eigenvalue weighted by atomic mass is 11.5. The van der Waals surface area contributed by atoms with Gasteiger partial charge in [0, 0.05) is 0 Å². The fourth-order valence-electron chi connectivity index (χ4n) is 0. The number of halogens is 2. The number of rotatable bonds is 1. The van der Waals surface area contributed by atoms with Crippen LogP contribution in [0.5, 0.6) is 0 Å². The molecular formula is CH3F2N. The number of nitrogens with one attached hydrogen (secondary N) is 1. The molecule has 0 rings (SSSR count). The molecule has 26 valence electrons. The zero-order chi connectivity index (χ0) is 3.41. The maximum Gasteiger partial charge on any atom is 0.166 e. The molecule has 3 heteroatoms. The van der Waals surface area contributed by atoms with Gasteiger partial charge in [-0.1, -0.05) is 0 Å². The zero-order valence-corrected chi connectivity index (χ0v) is 1.96. The van der Waals surface area contributed by atoms with Gasteiger partial charge in [-0.2, -0.15) is 0 Å². The summed E-state index contributed by atoms with van der Waals surface area (Å²) < 4.78 is 20.3. The van der Waals surface area contributed by atoms with Gasteiger partial charge in [-0.25, -0.2) is 4.39 Å². The lowest BCUT2D eigenvalue weighted by Crippen LogP contribution is -1.92. The summed E-state index contributed by atoms with van der Waals surface area (Å²) in [5.74, 6) is 0. The van der Waals surface area contributed by atoms with Gasteiger partial charge in [0.2, 0.25) is 0 Å². The Morgan fingerprint density at radius 1 is 1.75 bits per heavy atom. The van der Waals surface area contributed by atoms with Crippen molar-refractivity contribution in [1.29, 1.82) is 0 Å². The summed E-state index contributed by atoms with van der Waals surface area (Å²) in [6.45, 7) is -1.10. The van der Waals surface area contributed by atoms with Crippen molar-refractivity contribution in [3.05, 3.63) is 0 Å². The molecule has 0 aromatic rings. The van der Waals surface area contributed by atoms with Gasteiger partial charge in [-0.3, -0.25) is 0 Å². The molecule has 0 saturated carbocycles. The Morgan fingerprint density at radius 3 is 2.00 bits per heavy atom. The van der Waals surface area contributed by atoms with E-state index in [9.17, 15) is 8.87 Å². The van der Waals surface area contributed by atoms with Crippen molar-refractivity contribution >= 4 is 0 Å². The van der Waals surface area contributed by atoms with Crippen molar-refractivity contribution in [2.75, 3.05) is 6.80 Å². The molecule has 0 spiro atoms. The second-order valence-corrected chi connectivity index (χ2v) is 0.267. The molecule has 0 aliphatic carbocycles. The molecule has 0 fully saturated rings. The molecule has 4 heavy (non-hydrogen) atoms. The Hall–Kier alpha value is -0.180. The van der Waals surface area contributed by atoms with Crippen LogP contribution in [0.15, 0.2) is 0 Å². The van der Waals surface area contributed by atoms with Gasteiger partial charge >= 0.3 is 0 Å². The van der Waals surface area contributed by atoms with Gasteiger partial charge < -0.3 is 0 Å². The first-order valence-electron chi connectivity index (χ1n) is 0.810. The summed E-state index contributed by atoms with van der Waals surface area (Å²) in [6.07, 6.45) is 0. The van der Waals surface area contributed by atoms with Crippen molar-refractivity contribution < 1.29 is 8.87 Å². The Bertz CT molecular complexity index is 8.00. The number of alkyl halides is 1. The van der Waals surface area contributed by atoms with Gasteiger partial charge in [-0.15, -0.1) is 10.0 Å². The fraction of sp³-hybridized carbons (Fsp3) is 1.00. The van der Waals surface area contributed by atoms with E-state index < -0.39 is 6.80 Å². The first kappa shape index (κ1) is 3.82. The van der Waals surface area contributed by atoms with E-state index in [2.05, 4.69) is 0 Å². The highest BCUT2D eigenvalue weighted by Gasteiger charge is 1.59. The van der Waals surface area contributed by atoms with Crippen molar-refractivity contribution in [2.24, 2.45) is 0 Å². The van der Waals surface area contributed by atoms with Gasteiger partial charge in [0.1, 0.15) is 0 Å². The van der Waals surface area contributed by atoms with Gasteiger partial charge in [0.15, 0.2) is 6.80 Å². The van der Waals surface area contributed by atoms with Crippen LogP contribution in [0.1, 0.15) is 0 Å². The van der Waals surface area contributed by atoms with E-state index in [0.29, 0.717) is 0 Å². The van der Waals surface area contributed by atoms with Crippen LogP contribution in [-0.4, -0.2) is 6.80 Å². The van der Waals surface area contributed by atoms with Crippen LogP contribution in [0.2, 0.25) is 0 Å². The quantitative estimate of drug-likeness (QED) is 0.345. The molecule has 0 aromatic carbocycles. The maximum absolute atomic E-state index is 10.2. The average molecular weight is 67.0 g/mol. The molecule has 0 amide bonds. The van der Waals surface area contributed by atoms with Crippen molar-refractivity contribution in [3.8, 4) is 0 Å². The van der Waals surface area contributed by atoms with Gasteiger partial charge in [0.25, 0.3) is 0 Å². The van der Waals surface area contributed by atoms with Crippen LogP contribution in [0.4, 0.5) is 8.87 Å². The topological polar surface area (TPSA) is 12.0 Å². The molecule has 0 unspecified atom stereocenters. The Kier molecular flexibility index (Phi) is 2.69. The fourth-order valence-corrected chi connectivity index (χ4v) is 0. The lowest BCUT2D eigenvalue weighted by Gasteiger charge is -1.66. The monoisotopic (exact) mass is 67.0 g/mol. The first-order valence-corrected chi connectivity index (χ1v) is 0.810. The summed E-state index contributed by atoms with van der Waals surface area (Å²) in [7, 11) is 0. The van der Waals surface area contributed by atoms with E-state index in [0.717, 1.165) is 5.54 Å². The Morgan fingerprint density at radius 2 is 2.00 bits per heavy atom. The first-order chi connectivity index (χ1) is 1.91. The number of hydrogen-bond donors (Lipinski definition) is 1. The third-order valence-corrected chi connectivity index (χ3v) is 0.0505. The molecule has 0 bridgehead atoms. The summed E-state index contributed by atoms with van der Waals surface area (Å²) >= 11 is 0. The van der Waals surface area contributed by atoms with E-state index in [1.807, 2.05) is 0 Å². The minimum Gasteiger partial charge on any atom is -0.232 e. The largest absolute Gasteiger partial charge is 0.232 e. The van der Waals surface area contributed by atoms with Crippen LogP contribution in [0, 0.1) is 0 Å². The maximum atomic E-state index is 10.2. The lowest BCUT2D eigenvalue weighted by molar-refractivity contribution is 0.253. The van der Waals surface area contributed by atoms with E-state index >= 15 is 0 Å². The molecule has 0 aliphatic rings. The molecule has 0 atom stereocenters. The molecule has 0 saturated heterocycles. The van der Waals surface area contributed by atoms with E-state index in [-0.39, 0.29) is 0 Å². The zero-order valence-electron chi connectivity index (χ0n) is 1.96. The Labute approximate surface area is 22.6 Å². The van der Waals surface area contributed by atoms with Crippen LogP contribution in [0.3, 0.4) is 0 Å². The summed E-state index contributed by atoms with van der Waals surface area (Å²) in [5.41, 5.74) is 0.764. The highest BCUT2D eigenvalue weighted by molar-refractivity contribution is 3.87. The summed E-state index contributed by atoms with van der Waals surface area (Å²) in [6, 6.07) is 0. The van der Waals surface area contributed by atoms with E-state index in [4.69, 9.17) is 0 Å². The smallest absolute Gasteiger partial charge is 0.166 e. The summed E-state index contributed by atoms with van der Waals surface area (Å²) in [5, 5.41) is 0. The molecule has 1 nitrogen and oxygen atoms in total. The van der Waals surface area contributed by atoms with Crippen LogP contribution >= 0.6 is 0 Å². The minimum absolute atomic E-state index is 0.764. The van der Waals surface area contributed by atoms with Gasteiger partial charge in [-0.05, 0) is 0 Å². The van der Waals surface area contributed by atoms with E-state index in [1.165, 1.54) is 0 Å². The standard InChI is InChI=1S/CH3F2N/c2-1-4-3/h4H,1H2. The predicted octanol–water partition coefficient (Wildman–Crippen LogP) is 0.388. The van der Waals surface area contributed by atoms with E-state index in [1.54, 1.807) is 0 Å². The Balaban J connectivity index is 1.97. The van der Waals surface area contributed by atoms with Crippen LogP contribution in [-0.2, 0) is 0 Å². The molecule has 0 heterocycles. The van der Waals surface area contributed by atoms with Crippen molar-refractivity contribution in [1.82, 2.24) is 5.54 Å². The van der Waals surface area contributed by atoms with Gasteiger partial charge in [0.05, 0.1) is 0 Å². The molecule has 0 aliphatic heterocycles. The van der Waals surface area contributed by atoms with Crippen LogP contribution < -0.4 is 5.54 Å². The van der Waals surface area contributed by atoms with Crippen molar-refractivity contribution in [3.63, 3.8) is 0 Å². The SMILES string of the molecule is FCNF. The molecular weight excluding hydrogens is 64.0 g/mol. The second-order valence-electron chi connectivity index (χ2n) is 0.267. The third-order valence-electron chi connectivity index (χ3n) is 0.0505. The highest BCUT2D eigenvalue weighted by Crippen LogP contribution is 1.50.